The van der Waals surface area contributed by atoms with E-state index in [2.05, 4.69) is 30.0 Å². The third-order valence-electron chi connectivity index (χ3n) is 1.63. The average molecular weight is 137 g/mol. The van der Waals surface area contributed by atoms with E-state index in [-0.39, 0.29) is 0 Å². The maximum Gasteiger partial charge on any atom is 0.251 e. The van der Waals surface area contributed by atoms with Crippen LogP contribution in [-0.4, -0.2) is 4.98 Å². The fourth-order valence-corrected chi connectivity index (χ4v) is 1.04. The predicted octanol–water partition coefficient (Wildman–Crippen LogP) is 1.11. The van der Waals surface area contributed by atoms with Crippen LogP contribution >= 0.6 is 0 Å². The van der Waals surface area contributed by atoms with Crippen LogP contribution in [0.3, 0.4) is 0 Å². The van der Waals surface area contributed by atoms with Gasteiger partial charge in [-0.05, 0) is 0 Å². The van der Waals surface area contributed by atoms with Gasteiger partial charge >= 0.3 is 0 Å². The highest BCUT2D eigenvalue weighted by molar-refractivity contribution is 4.86. The number of aryl methyl sites for hydroxylation is 2. The first-order valence-corrected chi connectivity index (χ1v) is 3.41. The molecule has 0 aliphatic heterocycles. The van der Waals surface area contributed by atoms with Crippen LogP contribution in [0, 0.1) is 13.8 Å². The Labute approximate surface area is 61.2 Å². The molecule has 0 unspecified atom stereocenters. The van der Waals surface area contributed by atoms with Crippen molar-refractivity contribution in [1.29, 1.82) is 0 Å². The maximum atomic E-state index is 3.68. The van der Waals surface area contributed by atoms with E-state index in [1.807, 2.05) is 12.3 Å². The third kappa shape index (κ3) is 1.10. The van der Waals surface area contributed by atoms with Crippen molar-refractivity contribution in [2.75, 3.05) is 0 Å². The summed E-state index contributed by atoms with van der Waals surface area (Å²) < 4.78 is 2.17. The van der Waals surface area contributed by atoms with E-state index in [1.165, 1.54) is 11.5 Å². The summed E-state index contributed by atoms with van der Waals surface area (Å²) in [5.41, 5.74) is 1.25. The molecule has 2 nitrogen and oxygen atoms in total. The Balaban J connectivity index is 2.97. The second-order valence-electron chi connectivity index (χ2n) is 2.41. The van der Waals surface area contributed by atoms with E-state index < -0.39 is 0 Å². The molecule has 0 fully saturated rings. The molecule has 1 rings (SSSR count). The van der Waals surface area contributed by atoms with Crippen LogP contribution in [0.1, 0.15) is 11.5 Å². The summed E-state index contributed by atoms with van der Waals surface area (Å²) in [6.45, 7) is 8.70. The molecule has 0 spiro atoms. The SMILES string of the molecule is C=CC[n+]1c(C)c[nH]c1C. The Kier molecular flexibility index (Phi) is 1.90. The summed E-state index contributed by atoms with van der Waals surface area (Å²) in [7, 11) is 0. The van der Waals surface area contributed by atoms with Gasteiger partial charge in [-0.3, -0.25) is 0 Å². The van der Waals surface area contributed by atoms with Crippen molar-refractivity contribution in [2.45, 2.75) is 20.4 Å². The molecule has 0 radical (unpaired) electrons. The van der Waals surface area contributed by atoms with Gasteiger partial charge in [0.05, 0.1) is 0 Å². The number of aromatic nitrogens is 2. The van der Waals surface area contributed by atoms with Crippen LogP contribution in [-0.2, 0) is 6.54 Å². The van der Waals surface area contributed by atoms with Crippen molar-refractivity contribution >= 4 is 0 Å². The second kappa shape index (κ2) is 2.69. The third-order valence-corrected chi connectivity index (χ3v) is 1.63. The summed E-state index contributed by atoms with van der Waals surface area (Å²) in [5, 5.41) is 0. The molecule has 2 heteroatoms. The largest absolute Gasteiger partial charge is 0.251 e. The van der Waals surface area contributed by atoms with Gasteiger partial charge in [0.25, 0.3) is 5.82 Å². The lowest BCUT2D eigenvalue weighted by molar-refractivity contribution is -0.697. The molecule has 0 bridgehead atoms. The highest BCUT2D eigenvalue weighted by atomic mass is 15.1. The number of hydrogen-bond acceptors (Lipinski definition) is 0. The molecule has 0 aliphatic carbocycles. The van der Waals surface area contributed by atoms with Gasteiger partial charge in [-0.1, -0.05) is 12.7 Å². The number of nitrogens with zero attached hydrogens (tertiary/aromatic N) is 1. The van der Waals surface area contributed by atoms with Crippen LogP contribution in [0.15, 0.2) is 18.9 Å². The first kappa shape index (κ1) is 7.06. The molecule has 0 saturated carbocycles. The molecule has 54 valence electrons. The minimum atomic E-state index is 0.890. The Morgan fingerprint density at radius 2 is 2.40 bits per heavy atom. The molecule has 0 aromatic carbocycles. The van der Waals surface area contributed by atoms with Crippen LogP contribution in [0.25, 0.3) is 0 Å². The summed E-state index contributed by atoms with van der Waals surface area (Å²) in [5.74, 6) is 1.18. The molecular formula is C8H13N2+. The van der Waals surface area contributed by atoms with Crippen LogP contribution in [0.5, 0.6) is 0 Å². The molecular weight excluding hydrogens is 124 g/mol. The number of allylic oxidation sites excluding steroid dienone is 1. The Morgan fingerprint density at radius 1 is 1.70 bits per heavy atom. The van der Waals surface area contributed by atoms with Gasteiger partial charge < -0.3 is 0 Å². The van der Waals surface area contributed by atoms with Gasteiger partial charge in [0.2, 0.25) is 0 Å². The number of imidazole rings is 1. The molecule has 10 heavy (non-hydrogen) atoms. The van der Waals surface area contributed by atoms with Crippen molar-refractivity contribution in [3.05, 3.63) is 30.4 Å². The zero-order chi connectivity index (χ0) is 7.56. The molecule has 0 saturated heterocycles. The van der Waals surface area contributed by atoms with Gasteiger partial charge in [-0.25, -0.2) is 9.55 Å². The topological polar surface area (TPSA) is 19.7 Å². The van der Waals surface area contributed by atoms with E-state index >= 15 is 0 Å². The Hall–Kier alpha value is -1.05. The number of hydrogen-bond donors (Lipinski definition) is 1. The van der Waals surface area contributed by atoms with E-state index in [9.17, 15) is 0 Å². The fourth-order valence-electron chi connectivity index (χ4n) is 1.04. The van der Waals surface area contributed by atoms with Crippen molar-refractivity contribution in [3.63, 3.8) is 0 Å². The van der Waals surface area contributed by atoms with Crippen LogP contribution in [0.2, 0.25) is 0 Å². The Morgan fingerprint density at radius 3 is 2.80 bits per heavy atom. The first-order valence-electron chi connectivity index (χ1n) is 3.41. The van der Waals surface area contributed by atoms with Gasteiger partial charge in [0.1, 0.15) is 18.4 Å². The van der Waals surface area contributed by atoms with E-state index in [0.717, 1.165) is 6.54 Å². The highest BCUT2D eigenvalue weighted by Gasteiger charge is 2.06. The van der Waals surface area contributed by atoms with E-state index in [1.54, 1.807) is 0 Å². The lowest BCUT2D eigenvalue weighted by Crippen LogP contribution is -2.36. The Bertz CT molecular complexity index is 216. The van der Waals surface area contributed by atoms with Crippen molar-refractivity contribution < 1.29 is 4.57 Å². The lowest BCUT2D eigenvalue weighted by Gasteiger charge is -1.92. The summed E-state index contributed by atoms with van der Waals surface area (Å²) in [6, 6.07) is 0. The van der Waals surface area contributed by atoms with Gasteiger partial charge in [0, 0.05) is 13.8 Å². The van der Waals surface area contributed by atoms with Crippen molar-refractivity contribution in [2.24, 2.45) is 0 Å². The monoisotopic (exact) mass is 137 g/mol. The number of nitrogens with one attached hydrogen (secondary N) is 1. The zero-order valence-electron chi connectivity index (χ0n) is 6.52. The molecule has 1 N–H and O–H groups in total. The van der Waals surface area contributed by atoms with Gasteiger partial charge in [-0.15, -0.1) is 0 Å². The number of rotatable bonds is 2. The van der Waals surface area contributed by atoms with Crippen LogP contribution in [0.4, 0.5) is 0 Å². The number of aromatic amines is 1. The van der Waals surface area contributed by atoms with Gasteiger partial charge in [-0.2, -0.15) is 0 Å². The maximum absolute atomic E-state index is 3.68. The smallest absolute Gasteiger partial charge is 0.248 e. The molecule has 1 aromatic rings. The second-order valence-corrected chi connectivity index (χ2v) is 2.41. The predicted molar refractivity (Wildman–Crippen MR) is 40.7 cm³/mol. The molecule has 0 aliphatic rings. The highest BCUT2D eigenvalue weighted by Crippen LogP contribution is 1.89. The zero-order valence-corrected chi connectivity index (χ0v) is 6.52. The minimum absolute atomic E-state index is 0.890. The minimum Gasteiger partial charge on any atom is -0.248 e. The lowest BCUT2D eigenvalue weighted by atomic mass is 10.5. The molecule has 0 amide bonds. The van der Waals surface area contributed by atoms with Crippen LogP contribution < -0.4 is 4.57 Å². The van der Waals surface area contributed by atoms with Crippen molar-refractivity contribution in [3.8, 4) is 0 Å². The van der Waals surface area contributed by atoms with Crippen molar-refractivity contribution in [1.82, 2.24) is 4.98 Å². The van der Waals surface area contributed by atoms with E-state index in [4.69, 9.17) is 0 Å². The molecule has 1 heterocycles. The molecule has 1 aromatic heterocycles. The molecule has 0 atom stereocenters. The first-order chi connectivity index (χ1) is 4.75. The summed E-state index contributed by atoms with van der Waals surface area (Å²) in [6.07, 6.45) is 3.90. The quantitative estimate of drug-likeness (QED) is 0.465. The van der Waals surface area contributed by atoms with Gasteiger partial charge in [0.15, 0.2) is 0 Å². The number of H-pyrrole nitrogens is 1. The van der Waals surface area contributed by atoms with E-state index in [0.29, 0.717) is 0 Å². The summed E-state index contributed by atoms with van der Waals surface area (Å²) >= 11 is 0. The average Bonchev–Trinajstić information content (AvgIpc) is 2.20. The summed E-state index contributed by atoms with van der Waals surface area (Å²) in [4.78, 5) is 3.14. The normalized spacial score (nSPS) is 9.80. The fraction of sp³-hybridized carbons (Fsp3) is 0.375. The standard InChI is InChI=1S/C8H12N2/c1-4-5-10-7(2)6-9-8(10)3/h4,6H,1,5H2,2-3H3/p+1.